The molecule has 0 radical (unpaired) electrons. The second-order valence-corrected chi connectivity index (χ2v) is 16.1. The molecular weight excluding hydrogens is 828 g/mol. The van der Waals surface area contributed by atoms with E-state index < -0.39 is 45.7 Å². The molecule has 2 atom stereocenters. The Morgan fingerprint density at radius 2 is 1.25 bits per heavy atom. The molecular formula is C41H54F3N13O6. The quantitative estimate of drug-likeness (QED) is 0.0911. The van der Waals surface area contributed by atoms with Crippen molar-refractivity contribution in [2.75, 3.05) is 98.3 Å². The lowest BCUT2D eigenvalue weighted by molar-refractivity contribution is 0.374. The van der Waals surface area contributed by atoms with Crippen LogP contribution in [0.25, 0.3) is 31.5 Å². The summed E-state index contributed by atoms with van der Waals surface area (Å²) in [5, 5.41) is 10.3. The Morgan fingerprint density at radius 1 is 0.778 bits per heavy atom. The molecule has 2 saturated carbocycles. The highest BCUT2D eigenvalue weighted by Crippen LogP contribution is 2.43. The first-order valence-corrected chi connectivity index (χ1v) is 20.3. The average molecular weight is 882 g/mol. The van der Waals surface area contributed by atoms with Crippen LogP contribution in [0, 0.1) is 47.8 Å². The van der Waals surface area contributed by atoms with Gasteiger partial charge in [-0.05, 0) is 57.2 Å². The standard InChI is InChI=1S/C18H20FN5O3.C12H11F2N3O3.C6H10N2.C5H13N3/c1-21-8-10-5-6-22(9-10)15-13(19)7-12-14(16(15)27-2)23(11-3-4-11)18(26)24(20)17(12)25;1-20-10-8(14)7(13)4-6-9(10)16(5-2-3-5)12(19)17(15)11(6)18;1-7-4-6-2-3-8-5-6;1-7(2)5(6)8(3)4/h7,10-11H,3-6,8-9,20H2,2H3;4-5H,2-3,15H2,1H3;6,8H,2-5H2;6H,1-4H3. The Kier molecular flexibility index (Phi) is 15.0. The largest absolute Gasteiger partial charge is 0.492 e. The van der Waals surface area contributed by atoms with Crippen LogP contribution in [-0.2, 0) is 0 Å². The maximum absolute atomic E-state index is 15.0. The van der Waals surface area contributed by atoms with Gasteiger partial charge in [-0.3, -0.25) is 24.1 Å². The van der Waals surface area contributed by atoms with E-state index >= 15 is 4.39 Å². The number of methoxy groups -OCH3 is 2. The highest BCUT2D eigenvalue weighted by atomic mass is 19.2. The number of hydrogen-bond donors (Lipinski definition) is 4. The minimum atomic E-state index is -1.23. The Bertz CT molecular complexity index is 2680. The number of halogens is 3. The zero-order chi connectivity index (χ0) is 46.4. The second kappa shape index (κ2) is 20.0. The third-order valence-corrected chi connectivity index (χ3v) is 11.1. The van der Waals surface area contributed by atoms with Gasteiger partial charge in [-0.25, -0.2) is 31.5 Å². The van der Waals surface area contributed by atoms with Gasteiger partial charge in [0.25, 0.3) is 11.1 Å². The van der Waals surface area contributed by atoms with Crippen LogP contribution in [0.4, 0.5) is 18.9 Å². The van der Waals surface area contributed by atoms with Crippen molar-refractivity contribution in [1.82, 2.24) is 33.6 Å². The van der Waals surface area contributed by atoms with Gasteiger partial charge in [0.15, 0.2) is 29.1 Å². The van der Waals surface area contributed by atoms with E-state index in [1.807, 2.05) is 33.1 Å². The van der Waals surface area contributed by atoms with Crippen LogP contribution in [0.1, 0.15) is 50.6 Å². The smallest absolute Gasteiger partial charge is 0.350 e. The van der Waals surface area contributed by atoms with Crippen LogP contribution in [0.15, 0.2) is 31.3 Å². The van der Waals surface area contributed by atoms with Crippen LogP contribution < -0.4 is 53.9 Å². The van der Waals surface area contributed by atoms with Gasteiger partial charge < -0.3 is 50.9 Å². The van der Waals surface area contributed by atoms with Crippen molar-refractivity contribution >= 4 is 33.5 Å². The van der Waals surface area contributed by atoms with Gasteiger partial charge >= 0.3 is 11.4 Å². The zero-order valence-electron chi connectivity index (χ0n) is 36.2. The molecule has 63 heavy (non-hydrogen) atoms. The number of benzene rings is 2. The summed E-state index contributed by atoms with van der Waals surface area (Å²) >= 11 is 0. The molecule has 0 amide bonds. The predicted octanol–water partition coefficient (Wildman–Crippen LogP) is 2.16. The molecule has 0 spiro atoms. The molecule has 2 aromatic heterocycles. The van der Waals surface area contributed by atoms with Gasteiger partial charge in [-0.1, -0.05) is 0 Å². The molecule has 2 aromatic carbocycles. The first kappa shape index (κ1) is 47.4. The zero-order valence-corrected chi connectivity index (χ0v) is 36.2. The van der Waals surface area contributed by atoms with Crippen molar-refractivity contribution in [3.8, 4) is 11.5 Å². The molecule has 2 aliphatic carbocycles. The van der Waals surface area contributed by atoms with E-state index in [9.17, 15) is 28.0 Å². The molecule has 4 aliphatic rings. The molecule has 2 aliphatic heterocycles. The molecule has 2 unspecified atom stereocenters. The number of rotatable bonds is 7. The number of anilines is 1. The lowest BCUT2D eigenvalue weighted by atomic mass is 10.1. The molecule has 2 saturated heterocycles. The molecule has 4 aromatic rings. The number of hydrogen-bond acceptors (Lipinski definition) is 11. The number of aromatic nitrogens is 4. The summed E-state index contributed by atoms with van der Waals surface area (Å²) in [4.78, 5) is 61.2. The minimum Gasteiger partial charge on any atom is -0.492 e. The highest BCUT2D eigenvalue weighted by Gasteiger charge is 2.35. The first-order valence-electron chi connectivity index (χ1n) is 20.3. The third kappa shape index (κ3) is 10.0. The Hall–Kier alpha value is -6.68. The van der Waals surface area contributed by atoms with Crippen molar-refractivity contribution in [1.29, 1.82) is 5.41 Å². The van der Waals surface area contributed by atoms with E-state index in [2.05, 4.69) is 15.0 Å². The fourth-order valence-corrected chi connectivity index (χ4v) is 7.59. The van der Waals surface area contributed by atoms with E-state index in [0.29, 0.717) is 65.8 Å². The average Bonchev–Trinajstić information content (AvgIpc) is 4.18. The molecule has 4 fully saturated rings. The monoisotopic (exact) mass is 881 g/mol. The number of nitrogens with one attached hydrogen (secondary N) is 2. The maximum atomic E-state index is 15.0. The number of fused-ring (bicyclic) bond motifs is 2. The van der Waals surface area contributed by atoms with Crippen LogP contribution in [0.2, 0.25) is 0 Å². The molecule has 22 heteroatoms. The third-order valence-electron chi connectivity index (χ3n) is 11.1. The molecule has 4 heterocycles. The Morgan fingerprint density at radius 3 is 1.67 bits per heavy atom. The topological polar surface area (TPSA) is 213 Å². The number of nitrogens with zero attached hydrogens (tertiary/aromatic N) is 9. The van der Waals surface area contributed by atoms with Gasteiger partial charge in [-0.2, -0.15) is 13.7 Å². The molecule has 340 valence electrons. The van der Waals surface area contributed by atoms with Crippen molar-refractivity contribution in [3.63, 3.8) is 0 Å². The normalized spacial score (nSPS) is 17.6. The van der Waals surface area contributed by atoms with E-state index in [-0.39, 0.29) is 45.7 Å². The van der Waals surface area contributed by atoms with Gasteiger partial charge in [0.2, 0.25) is 18.9 Å². The van der Waals surface area contributed by atoms with Gasteiger partial charge in [-0.15, -0.1) is 0 Å². The van der Waals surface area contributed by atoms with Crippen LogP contribution in [0.3, 0.4) is 0 Å². The summed E-state index contributed by atoms with van der Waals surface area (Å²) in [5.41, 5.74) is -2.55. The van der Waals surface area contributed by atoms with Crippen LogP contribution in [0.5, 0.6) is 11.5 Å². The Labute approximate surface area is 360 Å². The van der Waals surface area contributed by atoms with Gasteiger partial charge in [0.1, 0.15) is 16.7 Å². The maximum Gasteiger partial charge on any atom is 0.350 e. The lowest BCUT2D eigenvalue weighted by Crippen LogP contribution is -2.44. The van der Waals surface area contributed by atoms with Crippen LogP contribution in [-0.4, -0.2) is 116 Å². The van der Waals surface area contributed by atoms with E-state index in [1.165, 1.54) is 22.7 Å². The SMILES string of the molecule is CN(C)C(=N)N(C)C.COc1c(F)c(F)cc2c(=O)n(N)c(=O)n(C3CC3)c12.[C-]#[N+]CC1CCN(c2c(F)cc3c(=O)n(N)c(=O)n(C4CC4)c3c2OC)C1.[C-]#[N+]CC1CCNC1. The van der Waals surface area contributed by atoms with Crippen LogP contribution >= 0.6 is 0 Å². The molecule has 6 N–H and O–H groups in total. The van der Waals surface area contributed by atoms with Crippen molar-refractivity contribution in [3.05, 3.63) is 94.1 Å². The fraction of sp³-hybridized carbons (Fsp3) is 0.537. The summed E-state index contributed by atoms with van der Waals surface area (Å²) in [7, 11) is 9.95. The van der Waals surface area contributed by atoms with E-state index in [4.69, 9.17) is 39.7 Å². The number of ether oxygens (including phenoxy) is 2. The van der Waals surface area contributed by atoms with E-state index in [0.717, 1.165) is 51.6 Å². The summed E-state index contributed by atoms with van der Waals surface area (Å²) in [6.45, 7) is 18.0. The summed E-state index contributed by atoms with van der Waals surface area (Å²) in [6, 6.07) is 1.62. The summed E-state index contributed by atoms with van der Waals surface area (Å²) in [6.07, 6.45) is 4.97. The van der Waals surface area contributed by atoms with Crippen molar-refractivity contribution in [2.24, 2.45) is 11.8 Å². The van der Waals surface area contributed by atoms with Crippen molar-refractivity contribution in [2.45, 2.75) is 50.6 Å². The fourth-order valence-electron chi connectivity index (χ4n) is 7.59. The minimum absolute atomic E-state index is 0.0269. The summed E-state index contributed by atoms with van der Waals surface area (Å²) in [5.74, 6) is 9.03. The number of guanidine groups is 1. The van der Waals surface area contributed by atoms with E-state index in [1.54, 1.807) is 9.80 Å². The van der Waals surface area contributed by atoms with Gasteiger partial charge in [0.05, 0.1) is 30.9 Å². The highest BCUT2D eigenvalue weighted by molar-refractivity contribution is 5.91. The summed E-state index contributed by atoms with van der Waals surface area (Å²) < 4.78 is 56.3. The number of nitrogens with two attached hydrogens (primary N) is 2. The number of nitrogen functional groups attached to an aromatic ring is 2. The van der Waals surface area contributed by atoms with Crippen molar-refractivity contribution < 1.29 is 22.6 Å². The second-order valence-electron chi connectivity index (χ2n) is 16.1. The van der Waals surface area contributed by atoms with Gasteiger partial charge in [0, 0.05) is 65.8 Å². The first-order chi connectivity index (χ1) is 29.9. The molecule has 19 nitrogen and oxygen atoms in total. The molecule has 0 bridgehead atoms. The Balaban J connectivity index is 0.000000181. The predicted molar refractivity (Wildman–Crippen MR) is 234 cm³/mol. The lowest BCUT2D eigenvalue weighted by Gasteiger charge is -2.24. The molecule has 8 rings (SSSR count).